The number of hydrogen-bond acceptors (Lipinski definition) is 5. The molecule has 0 fully saturated rings. The smallest absolute Gasteiger partial charge is 0.338 e. The molecule has 0 atom stereocenters. The summed E-state index contributed by atoms with van der Waals surface area (Å²) in [6.45, 7) is 0.535. The summed E-state index contributed by atoms with van der Waals surface area (Å²) in [5.74, 6) is -1.11. The molecule has 1 aliphatic heterocycles. The molecular weight excluding hydrogens is 433 g/mol. The van der Waals surface area contributed by atoms with Gasteiger partial charge in [0.05, 0.1) is 10.5 Å². The lowest BCUT2D eigenvalue weighted by atomic mass is 10.0. The monoisotopic (exact) mass is 455 g/mol. The number of halogens is 1. The van der Waals surface area contributed by atoms with Crippen LogP contribution in [0.3, 0.4) is 0 Å². The summed E-state index contributed by atoms with van der Waals surface area (Å²) in [6, 6.07) is 19.5. The fraction of sp³-hybridized carbons (Fsp3) is 0.208. The highest BCUT2D eigenvalue weighted by molar-refractivity contribution is 7.89. The van der Waals surface area contributed by atoms with E-state index >= 15 is 0 Å². The van der Waals surface area contributed by atoms with Crippen molar-refractivity contribution < 1.29 is 27.1 Å². The Morgan fingerprint density at radius 3 is 2.50 bits per heavy atom. The zero-order valence-electron chi connectivity index (χ0n) is 17.2. The second kappa shape index (κ2) is 9.50. The van der Waals surface area contributed by atoms with Crippen molar-refractivity contribution in [1.82, 2.24) is 4.31 Å². The molecule has 0 saturated carbocycles. The lowest BCUT2D eigenvalue weighted by Crippen LogP contribution is -2.36. The van der Waals surface area contributed by atoms with Crippen molar-refractivity contribution in [2.24, 2.45) is 0 Å². The molecule has 0 saturated heterocycles. The van der Waals surface area contributed by atoms with Crippen LogP contribution in [-0.2, 0) is 27.7 Å². The van der Waals surface area contributed by atoms with E-state index in [0.29, 0.717) is 19.5 Å². The topological polar surface area (TPSA) is 72.9 Å². The van der Waals surface area contributed by atoms with E-state index in [1.165, 1.54) is 40.7 Å². The summed E-state index contributed by atoms with van der Waals surface area (Å²) in [6.07, 6.45) is 0.638. The molecule has 4 rings (SSSR count). The average molecular weight is 456 g/mol. The number of hydrogen-bond donors (Lipinski definition) is 0. The maximum atomic E-state index is 13.5. The van der Waals surface area contributed by atoms with Crippen molar-refractivity contribution in [1.29, 1.82) is 0 Å². The van der Waals surface area contributed by atoms with Gasteiger partial charge in [-0.3, -0.25) is 0 Å². The van der Waals surface area contributed by atoms with E-state index in [0.717, 1.165) is 11.1 Å². The summed E-state index contributed by atoms with van der Waals surface area (Å²) in [4.78, 5) is 12.4. The highest BCUT2D eigenvalue weighted by atomic mass is 32.2. The van der Waals surface area contributed by atoms with Crippen LogP contribution < -0.4 is 4.74 Å². The molecule has 0 N–H and O–H groups in total. The molecule has 3 aromatic carbocycles. The van der Waals surface area contributed by atoms with Gasteiger partial charge in [0.15, 0.2) is 11.6 Å². The Kier molecular flexibility index (Phi) is 6.53. The molecule has 0 bridgehead atoms. The van der Waals surface area contributed by atoms with Gasteiger partial charge < -0.3 is 9.47 Å². The number of carbonyl (C=O) groups excluding carboxylic acids is 1. The molecule has 0 aliphatic carbocycles. The molecule has 0 spiro atoms. The third-order valence-corrected chi connectivity index (χ3v) is 7.06. The van der Waals surface area contributed by atoms with Gasteiger partial charge in [-0.25, -0.2) is 17.6 Å². The number of fused-ring (bicyclic) bond motifs is 1. The number of para-hydroxylation sites is 1. The van der Waals surface area contributed by atoms with Crippen LogP contribution in [0.2, 0.25) is 0 Å². The molecule has 8 heteroatoms. The first-order chi connectivity index (χ1) is 15.4. The first-order valence-corrected chi connectivity index (χ1v) is 11.6. The molecule has 0 amide bonds. The average Bonchev–Trinajstić information content (AvgIpc) is 2.82. The van der Waals surface area contributed by atoms with Gasteiger partial charge in [-0.15, -0.1) is 0 Å². The molecule has 1 aliphatic rings. The normalized spacial score (nSPS) is 13.9. The van der Waals surface area contributed by atoms with Crippen molar-refractivity contribution in [2.75, 3.05) is 19.8 Å². The van der Waals surface area contributed by atoms with Gasteiger partial charge in [0.2, 0.25) is 10.0 Å². The van der Waals surface area contributed by atoms with Crippen LogP contribution in [0.15, 0.2) is 77.7 Å². The van der Waals surface area contributed by atoms with E-state index in [-0.39, 0.29) is 29.4 Å². The van der Waals surface area contributed by atoms with Crippen LogP contribution in [0.4, 0.5) is 4.39 Å². The Labute approximate surface area is 186 Å². The van der Waals surface area contributed by atoms with Crippen LogP contribution in [0.1, 0.15) is 21.5 Å². The van der Waals surface area contributed by atoms with Crippen LogP contribution >= 0.6 is 0 Å². The Morgan fingerprint density at radius 2 is 1.69 bits per heavy atom. The highest BCUT2D eigenvalue weighted by Crippen LogP contribution is 2.25. The molecular formula is C24H22FNO5S. The lowest BCUT2D eigenvalue weighted by molar-refractivity contribution is 0.0448. The summed E-state index contributed by atoms with van der Waals surface area (Å²) in [5.41, 5.74) is 2.25. The van der Waals surface area contributed by atoms with Gasteiger partial charge in [0.1, 0.15) is 13.2 Å². The standard InChI is InChI=1S/C24H22FNO5S/c25-22-10-3-4-11-23(22)30-14-15-31-24(27)19-8-5-9-21(16-19)32(28,29)26-13-12-18-6-1-2-7-20(18)17-26/h1-11,16H,12-15,17H2. The van der Waals surface area contributed by atoms with Gasteiger partial charge in [-0.05, 0) is 47.9 Å². The Hall–Kier alpha value is -3.23. The zero-order valence-corrected chi connectivity index (χ0v) is 18.1. The summed E-state index contributed by atoms with van der Waals surface area (Å²) in [5, 5.41) is 0. The van der Waals surface area contributed by atoms with Gasteiger partial charge in [0.25, 0.3) is 0 Å². The number of esters is 1. The fourth-order valence-electron chi connectivity index (χ4n) is 3.54. The van der Waals surface area contributed by atoms with Crippen molar-refractivity contribution in [3.63, 3.8) is 0 Å². The first-order valence-electron chi connectivity index (χ1n) is 10.2. The third kappa shape index (κ3) is 4.81. The highest BCUT2D eigenvalue weighted by Gasteiger charge is 2.28. The number of sulfonamides is 1. The molecule has 6 nitrogen and oxygen atoms in total. The fourth-order valence-corrected chi connectivity index (χ4v) is 5.00. The second-order valence-electron chi connectivity index (χ2n) is 7.30. The van der Waals surface area contributed by atoms with Crippen LogP contribution in [0, 0.1) is 5.82 Å². The van der Waals surface area contributed by atoms with Crippen LogP contribution in [0.5, 0.6) is 5.75 Å². The van der Waals surface area contributed by atoms with Crippen LogP contribution in [-0.4, -0.2) is 38.5 Å². The maximum absolute atomic E-state index is 13.5. The predicted molar refractivity (Wildman–Crippen MR) is 116 cm³/mol. The molecule has 0 aromatic heterocycles. The number of benzene rings is 3. The van der Waals surface area contributed by atoms with E-state index in [2.05, 4.69) is 0 Å². The Morgan fingerprint density at radius 1 is 0.938 bits per heavy atom. The van der Waals surface area contributed by atoms with Gasteiger partial charge in [0, 0.05) is 13.1 Å². The summed E-state index contributed by atoms with van der Waals surface area (Å²) >= 11 is 0. The number of rotatable bonds is 7. The van der Waals surface area contributed by atoms with E-state index in [1.807, 2.05) is 24.3 Å². The van der Waals surface area contributed by atoms with Crippen molar-refractivity contribution in [3.05, 3.63) is 95.3 Å². The molecule has 0 unspecified atom stereocenters. The second-order valence-corrected chi connectivity index (χ2v) is 9.24. The van der Waals surface area contributed by atoms with Crippen molar-refractivity contribution in [3.8, 4) is 5.75 Å². The molecule has 166 valence electrons. The summed E-state index contributed by atoms with van der Waals surface area (Å²) in [7, 11) is -3.77. The van der Waals surface area contributed by atoms with E-state index in [1.54, 1.807) is 12.1 Å². The van der Waals surface area contributed by atoms with Gasteiger partial charge in [-0.2, -0.15) is 4.31 Å². The number of carbonyl (C=O) groups is 1. The SMILES string of the molecule is O=C(OCCOc1ccccc1F)c1cccc(S(=O)(=O)N2CCc3ccccc3C2)c1. The zero-order chi connectivity index (χ0) is 22.6. The maximum Gasteiger partial charge on any atom is 0.338 e. The Balaban J connectivity index is 1.39. The lowest BCUT2D eigenvalue weighted by Gasteiger charge is -2.28. The number of nitrogens with zero attached hydrogens (tertiary/aromatic N) is 1. The summed E-state index contributed by atoms with van der Waals surface area (Å²) < 4.78 is 51.6. The minimum absolute atomic E-state index is 0.0299. The number of ether oxygens (including phenoxy) is 2. The van der Waals surface area contributed by atoms with E-state index in [4.69, 9.17) is 9.47 Å². The van der Waals surface area contributed by atoms with E-state index in [9.17, 15) is 17.6 Å². The molecule has 3 aromatic rings. The quantitative estimate of drug-likeness (QED) is 0.400. The van der Waals surface area contributed by atoms with Crippen molar-refractivity contribution >= 4 is 16.0 Å². The van der Waals surface area contributed by atoms with Crippen molar-refractivity contribution in [2.45, 2.75) is 17.9 Å². The largest absolute Gasteiger partial charge is 0.487 e. The van der Waals surface area contributed by atoms with Gasteiger partial charge >= 0.3 is 5.97 Å². The molecule has 32 heavy (non-hydrogen) atoms. The van der Waals surface area contributed by atoms with Gasteiger partial charge in [-0.1, -0.05) is 42.5 Å². The third-order valence-electron chi connectivity index (χ3n) is 5.21. The molecule has 1 heterocycles. The molecule has 0 radical (unpaired) electrons. The van der Waals surface area contributed by atoms with Crippen LogP contribution in [0.25, 0.3) is 0 Å². The first kappa shape index (κ1) is 22.0. The van der Waals surface area contributed by atoms with E-state index < -0.39 is 21.8 Å². The minimum Gasteiger partial charge on any atom is -0.487 e. The Bertz CT molecular complexity index is 1230. The predicted octanol–water partition coefficient (Wildman–Crippen LogP) is 3.81. The minimum atomic E-state index is -3.77.